The molecule has 0 saturated heterocycles. The lowest BCUT2D eigenvalue weighted by atomic mass is 9.81. The van der Waals surface area contributed by atoms with Gasteiger partial charge in [-0.15, -0.1) is 26.3 Å². The summed E-state index contributed by atoms with van der Waals surface area (Å²) in [6, 6.07) is 13.6. The lowest BCUT2D eigenvalue weighted by Crippen LogP contribution is -2.19. The van der Waals surface area contributed by atoms with E-state index in [2.05, 4.69) is 125 Å². The number of ether oxygens (including phenoxy) is 2. The zero-order chi connectivity index (χ0) is 31.1. The van der Waals surface area contributed by atoms with E-state index in [9.17, 15) is 26.3 Å². The van der Waals surface area contributed by atoms with Crippen LogP contribution < -0.4 is 9.47 Å². The van der Waals surface area contributed by atoms with Crippen LogP contribution in [0.15, 0.2) is 61.8 Å². The first-order chi connectivity index (χ1) is 19.4. The van der Waals surface area contributed by atoms with Gasteiger partial charge in [-0.05, 0) is 207 Å². The normalized spacial score (nSPS) is 17.8. The van der Waals surface area contributed by atoms with E-state index in [0.29, 0.717) is 7.14 Å². The summed E-state index contributed by atoms with van der Waals surface area (Å²) < 4.78 is 89.4. The maximum absolute atomic E-state index is 12.7. The van der Waals surface area contributed by atoms with Gasteiger partial charge < -0.3 is 9.47 Å². The summed E-state index contributed by atoms with van der Waals surface area (Å²) in [5.41, 5.74) is 4.72. The van der Waals surface area contributed by atoms with Gasteiger partial charge in [0, 0.05) is 25.4 Å². The van der Waals surface area contributed by atoms with Gasteiger partial charge in [0.25, 0.3) is 0 Å². The Morgan fingerprint density at radius 2 is 1.14 bits per heavy atom. The van der Waals surface area contributed by atoms with Crippen molar-refractivity contribution in [3.05, 3.63) is 87.2 Å². The van der Waals surface area contributed by atoms with Crippen LogP contribution in [0.25, 0.3) is 16.7 Å². The molecule has 2 nitrogen and oxygen atoms in total. The third-order valence-corrected chi connectivity index (χ3v) is 12.2. The lowest BCUT2D eigenvalue weighted by Gasteiger charge is -2.29. The Morgan fingerprint density at radius 1 is 0.667 bits per heavy atom. The van der Waals surface area contributed by atoms with Crippen molar-refractivity contribution in [1.82, 2.24) is 0 Å². The van der Waals surface area contributed by atoms with E-state index in [1.54, 1.807) is 24.3 Å². The molecule has 0 bridgehead atoms. The highest BCUT2D eigenvalue weighted by atomic mass is 127. The van der Waals surface area contributed by atoms with Crippen molar-refractivity contribution >= 4 is 141 Å². The number of allylic oxidation sites excluding steroid dienone is 4. The molecular weight excluding hydrogens is 1240 g/mol. The second-order valence-corrected chi connectivity index (χ2v) is 16.2. The number of alkyl halides is 6. The van der Waals surface area contributed by atoms with Crippen LogP contribution >= 0.6 is 136 Å². The van der Waals surface area contributed by atoms with E-state index in [1.165, 1.54) is 12.1 Å². The molecule has 1 aliphatic rings. The van der Waals surface area contributed by atoms with E-state index in [4.69, 9.17) is 0 Å². The zero-order valence-electron chi connectivity index (χ0n) is 20.9. The highest BCUT2D eigenvalue weighted by Gasteiger charge is 2.33. The van der Waals surface area contributed by atoms with Crippen molar-refractivity contribution < 1.29 is 35.8 Å². The summed E-state index contributed by atoms with van der Waals surface area (Å²) >= 11 is 12.9. The second kappa shape index (κ2) is 14.2. The van der Waals surface area contributed by atoms with Gasteiger partial charge in [-0.3, -0.25) is 0 Å². The molecule has 4 rings (SSSR count). The van der Waals surface area contributed by atoms with Gasteiger partial charge in [0.1, 0.15) is 11.5 Å². The van der Waals surface area contributed by atoms with Crippen LogP contribution in [-0.4, -0.2) is 12.7 Å². The Labute approximate surface area is 320 Å². The number of rotatable bonds is 6. The van der Waals surface area contributed by atoms with Gasteiger partial charge in [0.05, 0.1) is 7.14 Å². The quantitative estimate of drug-likeness (QED) is 0.181. The van der Waals surface area contributed by atoms with Crippen molar-refractivity contribution in [1.29, 1.82) is 0 Å². The van der Waals surface area contributed by atoms with Crippen LogP contribution in [0.4, 0.5) is 26.3 Å². The molecule has 0 saturated carbocycles. The standard InChI is InChI=1S/C28H16F6I6O2/c1-12-16(11-21(39)25(26(12)40)15-3-5-23(18(36)10-15)42-28(32,33)34)6-13-7-19(37)24(20(38)8-13)14-2-4-22(17(35)9-14)41-27(29,30)31/h2-5,7-12,16H,6H2,1H3. The number of benzene rings is 3. The second-order valence-electron chi connectivity index (χ2n) is 9.21. The summed E-state index contributed by atoms with van der Waals surface area (Å²) in [5.74, 6) is -0.100. The molecule has 42 heavy (non-hydrogen) atoms. The van der Waals surface area contributed by atoms with E-state index < -0.39 is 12.7 Å². The molecule has 0 fully saturated rings. The SMILES string of the molecule is CC1C(I)=C(c2ccc(OC(F)(F)F)c(I)c2)C(I)=CC1Cc1cc(I)c(-c2ccc(OC(F)(F)F)c(I)c2)c(I)c1. The van der Waals surface area contributed by atoms with Crippen molar-refractivity contribution in [2.45, 2.75) is 26.1 Å². The molecule has 0 spiro atoms. The molecule has 3 aromatic carbocycles. The first kappa shape index (κ1) is 35.6. The van der Waals surface area contributed by atoms with E-state index in [0.717, 1.165) is 48.5 Å². The molecule has 0 N–H and O–H groups in total. The molecule has 3 aromatic rings. The molecule has 14 heteroatoms. The van der Waals surface area contributed by atoms with Gasteiger partial charge >= 0.3 is 12.7 Å². The summed E-state index contributed by atoms with van der Waals surface area (Å²) in [7, 11) is 0. The maximum atomic E-state index is 12.7. The Kier molecular flexibility index (Phi) is 12.0. The fraction of sp³-hybridized carbons (Fsp3) is 0.214. The summed E-state index contributed by atoms with van der Waals surface area (Å²) in [5, 5.41) is 0. The smallest absolute Gasteiger partial charge is 0.405 e. The van der Waals surface area contributed by atoms with Gasteiger partial charge in [0.2, 0.25) is 0 Å². The minimum Gasteiger partial charge on any atom is -0.405 e. The average molecular weight is 1260 g/mol. The first-order valence-corrected chi connectivity index (χ1v) is 18.3. The van der Waals surface area contributed by atoms with Crippen LogP contribution in [0.1, 0.15) is 18.1 Å². The number of hydrogen-bond donors (Lipinski definition) is 0. The molecular formula is C28H16F6I6O2. The monoisotopic (exact) mass is 1260 g/mol. The Morgan fingerprint density at radius 3 is 1.62 bits per heavy atom. The fourth-order valence-corrected chi connectivity index (χ4v) is 10.9. The third kappa shape index (κ3) is 8.94. The third-order valence-electron chi connectivity index (χ3n) is 6.35. The van der Waals surface area contributed by atoms with Gasteiger partial charge in [-0.25, -0.2) is 0 Å². The zero-order valence-corrected chi connectivity index (χ0v) is 33.9. The molecule has 0 aromatic heterocycles. The van der Waals surface area contributed by atoms with E-state index >= 15 is 0 Å². The van der Waals surface area contributed by atoms with Gasteiger partial charge in [0.15, 0.2) is 0 Å². The largest absolute Gasteiger partial charge is 0.573 e. The summed E-state index contributed by atoms with van der Waals surface area (Å²) in [6.07, 6.45) is -6.52. The highest BCUT2D eigenvalue weighted by molar-refractivity contribution is 14.1. The predicted molar refractivity (Wildman–Crippen MR) is 202 cm³/mol. The lowest BCUT2D eigenvalue weighted by molar-refractivity contribution is -0.276. The predicted octanol–water partition coefficient (Wildman–Crippen LogP) is 12.5. The van der Waals surface area contributed by atoms with Crippen LogP contribution in [0.5, 0.6) is 11.5 Å². The molecule has 0 radical (unpaired) electrons. The Balaban J connectivity index is 1.57. The Hall–Kier alpha value is 0.700. The van der Waals surface area contributed by atoms with Gasteiger partial charge in [-0.1, -0.05) is 25.1 Å². The maximum Gasteiger partial charge on any atom is 0.573 e. The van der Waals surface area contributed by atoms with Crippen LogP contribution in [0.2, 0.25) is 0 Å². The van der Waals surface area contributed by atoms with E-state index in [1.807, 2.05) is 45.2 Å². The minimum atomic E-state index is -4.75. The summed E-state index contributed by atoms with van der Waals surface area (Å²) in [4.78, 5) is 0. The minimum absolute atomic E-state index is 0.167. The molecule has 0 aliphatic heterocycles. The van der Waals surface area contributed by atoms with Crippen LogP contribution in [0.3, 0.4) is 0 Å². The van der Waals surface area contributed by atoms with Crippen molar-refractivity contribution in [3.8, 4) is 22.6 Å². The van der Waals surface area contributed by atoms with Crippen molar-refractivity contribution in [2.75, 3.05) is 0 Å². The first-order valence-electron chi connectivity index (χ1n) is 11.8. The van der Waals surface area contributed by atoms with Crippen LogP contribution in [0, 0.1) is 26.1 Å². The molecule has 0 amide bonds. The van der Waals surface area contributed by atoms with Crippen molar-refractivity contribution in [2.24, 2.45) is 11.8 Å². The van der Waals surface area contributed by atoms with Crippen LogP contribution in [-0.2, 0) is 6.42 Å². The molecule has 1 aliphatic carbocycles. The molecule has 224 valence electrons. The fourth-order valence-electron chi connectivity index (χ4n) is 4.48. The number of halogens is 12. The van der Waals surface area contributed by atoms with Gasteiger partial charge in [-0.2, -0.15) is 0 Å². The highest BCUT2D eigenvalue weighted by Crippen LogP contribution is 2.47. The average Bonchev–Trinajstić information content (AvgIpc) is 2.84. The van der Waals surface area contributed by atoms with Crippen molar-refractivity contribution in [3.63, 3.8) is 0 Å². The molecule has 2 unspecified atom stereocenters. The summed E-state index contributed by atoms with van der Waals surface area (Å²) in [6.45, 7) is 2.15. The topological polar surface area (TPSA) is 18.5 Å². The Bertz CT molecular complexity index is 1560. The molecule has 2 atom stereocenters. The number of hydrogen-bond acceptors (Lipinski definition) is 2. The van der Waals surface area contributed by atoms with E-state index in [-0.39, 0.29) is 23.3 Å². The molecule has 0 heterocycles.